The van der Waals surface area contributed by atoms with Crippen molar-refractivity contribution in [2.75, 3.05) is 6.61 Å². The second kappa shape index (κ2) is 26.9. The third-order valence-electron chi connectivity index (χ3n) is 4.50. The van der Waals surface area contributed by atoms with Gasteiger partial charge in [0.25, 0.3) is 0 Å². The number of carbonyl (C=O) groups excluding carboxylic acids is 2. The molecule has 0 bridgehead atoms. The Bertz CT molecular complexity index is 342. The van der Waals surface area contributed by atoms with E-state index in [0.717, 1.165) is 19.3 Å². The van der Waals surface area contributed by atoms with Crippen LogP contribution < -0.4 is 65.0 Å². The Hall–Kier alpha value is 0.900. The normalized spacial score (nSPS) is 9.85. The molecule has 0 spiro atoms. The van der Waals surface area contributed by atoms with Crippen LogP contribution >= 0.6 is 0 Å². The third-order valence-corrected chi connectivity index (χ3v) is 4.50. The van der Waals surface area contributed by atoms with Gasteiger partial charge in [-0.15, -0.1) is 0 Å². The summed E-state index contributed by atoms with van der Waals surface area (Å²) in [6.07, 6.45) is 20.7. The summed E-state index contributed by atoms with van der Waals surface area (Å²) in [6, 6.07) is 0. The van der Waals surface area contributed by atoms with Crippen molar-refractivity contribution in [2.24, 2.45) is 5.90 Å². The van der Waals surface area contributed by atoms with Gasteiger partial charge in [0, 0.05) is 0 Å². The molecule has 0 saturated carbocycles. The first kappa shape index (κ1) is 32.6. The van der Waals surface area contributed by atoms with Crippen molar-refractivity contribution in [3.8, 4) is 0 Å². The predicted octanol–water partition coefficient (Wildman–Crippen LogP) is -0.559. The predicted molar refractivity (Wildman–Crippen MR) is 103 cm³/mol. The van der Waals surface area contributed by atoms with Crippen LogP contribution in [-0.4, -0.2) is 18.5 Å². The first-order chi connectivity index (χ1) is 12.2. The minimum atomic E-state index is -1.14. The Morgan fingerprint density at radius 2 is 0.963 bits per heavy atom. The van der Waals surface area contributed by atoms with Crippen molar-refractivity contribution in [3.05, 3.63) is 0 Å². The molecular formula is C20H41NNa2O4. The zero-order chi connectivity index (χ0) is 18.6. The quantitative estimate of drug-likeness (QED) is 0.115. The number of unbranched alkanes of at least 4 members (excludes halogenated alkanes) is 15. The van der Waals surface area contributed by atoms with Crippen LogP contribution in [0.5, 0.6) is 0 Å². The maximum atomic E-state index is 11.0. The molecule has 0 atom stereocenters. The second-order valence-corrected chi connectivity index (χ2v) is 6.84. The molecule has 0 aliphatic carbocycles. The molecule has 0 aromatic carbocycles. The zero-order valence-electron chi connectivity index (χ0n) is 20.2. The largest absolute Gasteiger partial charge is 1.00 e. The molecule has 0 rings (SSSR count). The van der Waals surface area contributed by atoms with Gasteiger partial charge in [0.15, 0.2) is 0 Å². The van der Waals surface area contributed by atoms with Crippen LogP contribution in [-0.2, 0) is 19.2 Å². The second-order valence-electron chi connectivity index (χ2n) is 6.84. The third kappa shape index (κ3) is 24.9. The number of hydrogen-bond acceptors (Lipinski definition) is 5. The fourth-order valence-corrected chi connectivity index (χ4v) is 2.92. The molecule has 0 heterocycles. The maximum absolute atomic E-state index is 11.0. The molecule has 0 aromatic heterocycles. The summed E-state index contributed by atoms with van der Waals surface area (Å²) < 4.78 is 4.72. The molecule has 0 aliphatic rings. The van der Waals surface area contributed by atoms with E-state index < -0.39 is 11.9 Å². The van der Waals surface area contributed by atoms with Crippen LogP contribution in [0, 0.1) is 0 Å². The van der Waals surface area contributed by atoms with Gasteiger partial charge in [0.05, 0.1) is 6.61 Å². The van der Waals surface area contributed by atoms with E-state index >= 15 is 0 Å². The number of ether oxygens (including phenoxy) is 1. The van der Waals surface area contributed by atoms with E-state index in [1.807, 2.05) is 0 Å². The summed E-state index contributed by atoms with van der Waals surface area (Å²) in [5.74, 6) is 2.44. The van der Waals surface area contributed by atoms with Crippen LogP contribution in [0.25, 0.3) is 0 Å². The summed E-state index contributed by atoms with van der Waals surface area (Å²) in [6.45, 7) is 2.52. The first-order valence-corrected chi connectivity index (χ1v) is 10.3. The monoisotopic (exact) mass is 405 g/mol. The van der Waals surface area contributed by atoms with Crippen molar-refractivity contribution in [1.29, 1.82) is 0 Å². The van der Waals surface area contributed by atoms with Gasteiger partial charge in [-0.25, -0.2) is 9.59 Å². The van der Waals surface area contributed by atoms with Gasteiger partial charge in [-0.3, -0.25) is 0 Å². The summed E-state index contributed by atoms with van der Waals surface area (Å²) in [4.78, 5) is 25.4. The number of carbonyl (C=O) groups is 2. The first-order valence-electron chi connectivity index (χ1n) is 10.3. The van der Waals surface area contributed by atoms with E-state index in [4.69, 9.17) is 4.74 Å². The molecule has 2 N–H and O–H groups in total. The molecule has 0 aromatic rings. The molecule has 7 heteroatoms. The summed E-state index contributed by atoms with van der Waals surface area (Å²) >= 11 is 0. The van der Waals surface area contributed by atoms with E-state index in [2.05, 4.69) is 17.7 Å². The van der Waals surface area contributed by atoms with Gasteiger partial charge in [-0.2, -0.15) is 5.90 Å². The standard InChI is InChI=1S/C20H39NO4.2Na.2H/c1-2-3-4-5-6-7-8-9-10-11-12-13-14-15-16-17-18-24-19(22)20(23)25-21;;;;/h2-18,21H2,1H3;;;;/q;2*+1;2*-1. The summed E-state index contributed by atoms with van der Waals surface area (Å²) in [5, 5.41) is 0. The minimum Gasteiger partial charge on any atom is -1.00 e. The van der Waals surface area contributed by atoms with Crippen LogP contribution in [0.3, 0.4) is 0 Å². The van der Waals surface area contributed by atoms with Gasteiger partial charge in [-0.1, -0.05) is 103 Å². The van der Waals surface area contributed by atoms with E-state index in [-0.39, 0.29) is 68.6 Å². The van der Waals surface area contributed by atoms with Crippen LogP contribution in [0.1, 0.15) is 113 Å². The smallest absolute Gasteiger partial charge is 1.00 e. The summed E-state index contributed by atoms with van der Waals surface area (Å²) in [7, 11) is 0. The molecule has 152 valence electrons. The van der Waals surface area contributed by atoms with Crippen LogP contribution in [0.15, 0.2) is 0 Å². The molecule has 0 radical (unpaired) electrons. The zero-order valence-corrected chi connectivity index (χ0v) is 22.2. The number of esters is 1. The fraction of sp³-hybridized carbons (Fsp3) is 0.900. The van der Waals surface area contributed by atoms with Crippen molar-refractivity contribution in [1.82, 2.24) is 0 Å². The van der Waals surface area contributed by atoms with Gasteiger partial charge in [-0.05, 0) is 6.42 Å². The maximum Gasteiger partial charge on any atom is 1.00 e. The van der Waals surface area contributed by atoms with E-state index in [9.17, 15) is 9.59 Å². The molecule has 0 fully saturated rings. The molecule has 27 heavy (non-hydrogen) atoms. The molecular weight excluding hydrogens is 364 g/mol. The molecule has 5 nitrogen and oxygen atoms in total. The van der Waals surface area contributed by atoms with E-state index in [1.54, 1.807) is 0 Å². The average molecular weight is 406 g/mol. The number of hydrogen-bond donors (Lipinski definition) is 1. The summed E-state index contributed by atoms with van der Waals surface area (Å²) in [5.41, 5.74) is 0. The van der Waals surface area contributed by atoms with Gasteiger partial charge < -0.3 is 12.4 Å². The van der Waals surface area contributed by atoms with Crippen molar-refractivity contribution >= 4 is 11.9 Å². The Labute approximate surface area is 213 Å². The fourth-order valence-electron chi connectivity index (χ4n) is 2.92. The Morgan fingerprint density at radius 1 is 0.630 bits per heavy atom. The molecule has 0 unspecified atom stereocenters. The minimum absolute atomic E-state index is 0. The van der Waals surface area contributed by atoms with Gasteiger partial charge in [0.1, 0.15) is 0 Å². The van der Waals surface area contributed by atoms with Crippen LogP contribution in [0.4, 0.5) is 0 Å². The number of rotatable bonds is 17. The van der Waals surface area contributed by atoms with Crippen molar-refractivity contribution in [3.63, 3.8) is 0 Å². The SMILES string of the molecule is CCCCCCCCCCCCCCCCCCOC(=O)C(=O)ON.[H-].[H-].[Na+].[Na+]. The Kier molecular flexibility index (Phi) is 32.4. The van der Waals surface area contributed by atoms with E-state index in [1.165, 1.54) is 83.5 Å². The Morgan fingerprint density at radius 3 is 1.30 bits per heavy atom. The van der Waals surface area contributed by atoms with Crippen molar-refractivity contribution < 1.29 is 81.1 Å². The average Bonchev–Trinajstić information content (AvgIpc) is 2.63. The molecule has 0 saturated heterocycles. The molecule has 0 amide bonds. The topological polar surface area (TPSA) is 78.6 Å². The van der Waals surface area contributed by atoms with Gasteiger partial charge >= 0.3 is 71.1 Å². The Balaban J connectivity index is -0.000000480. The van der Waals surface area contributed by atoms with Crippen LogP contribution in [0.2, 0.25) is 0 Å². The number of nitrogens with two attached hydrogens (primary N) is 1. The molecule has 0 aliphatic heterocycles. The van der Waals surface area contributed by atoms with E-state index in [0.29, 0.717) is 0 Å². The van der Waals surface area contributed by atoms with Crippen molar-refractivity contribution in [2.45, 2.75) is 110 Å². The van der Waals surface area contributed by atoms with Gasteiger partial charge in [0.2, 0.25) is 0 Å².